The van der Waals surface area contributed by atoms with Gasteiger partial charge in [-0.05, 0) is 62.4 Å². The maximum Gasteiger partial charge on any atom is 0.311 e. The molecule has 5 heteroatoms. The standard InChI is InChI=1S/C22H27N3O2/c1-4-24-20(16(3)9-10-17-8-6-5-7-15(17)2)14-19(22(26)27)18-11-12-25-21(23)13-18/h4-8,11-13,19H,9-10,14H2,1-3H3,(H2,23,25)(H,26,27)/b20-16+,24-4?. The molecule has 3 N–H and O–H groups in total. The Morgan fingerprint density at radius 3 is 2.70 bits per heavy atom. The summed E-state index contributed by atoms with van der Waals surface area (Å²) in [6.07, 6.45) is 5.32. The highest BCUT2D eigenvalue weighted by atomic mass is 16.4. The van der Waals surface area contributed by atoms with Crippen LogP contribution in [0.5, 0.6) is 0 Å². The highest BCUT2D eigenvalue weighted by Crippen LogP contribution is 2.28. The van der Waals surface area contributed by atoms with E-state index in [0.29, 0.717) is 17.8 Å². The number of nitrogens with zero attached hydrogens (tertiary/aromatic N) is 2. The van der Waals surface area contributed by atoms with Gasteiger partial charge in [0.2, 0.25) is 0 Å². The number of pyridine rings is 1. The molecule has 0 saturated heterocycles. The Balaban J connectivity index is 2.24. The van der Waals surface area contributed by atoms with Crippen LogP contribution in [0.3, 0.4) is 0 Å². The fourth-order valence-corrected chi connectivity index (χ4v) is 3.07. The van der Waals surface area contributed by atoms with Crippen molar-refractivity contribution >= 4 is 18.0 Å². The van der Waals surface area contributed by atoms with Crippen molar-refractivity contribution in [1.82, 2.24) is 4.98 Å². The van der Waals surface area contributed by atoms with Crippen molar-refractivity contribution in [1.29, 1.82) is 0 Å². The first-order chi connectivity index (χ1) is 12.9. The van der Waals surface area contributed by atoms with E-state index in [9.17, 15) is 9.90 Å². The molecule has 1 atom stereocenters. The van der Waals surface area contributed by atoms with Crippen molar-refractivity contribution in [3.63, 3.8) is 0 Å². The molecule has 1 unspecified atom stereocenters. The highest BCUT2D eigenvalue weighted by molar-refractivity contribution is 5.77. The summed E-state index contributed by atoms with van der Waals surface area (Å²) in [5.41, 5.74) is 10.9. The first-order valence-electron chi connectivity index (χ1n) is 9.08. The first-order valence-corrected chi connectivity index (χ1v) is 9.08. The normalized spacial score (nSPS) is 13.4. The largest absolute Gasteiger partial charge is 0.481 e. The molecule has 0 radical (unpaired) electrons. The molecular formula is C22H27N3O2. The van der Waals surface area contributed by atoms with Crippen LogP contribution in [0.4, 0.5) is 5.82 Å². The minimum absolute atomic E-state index is 0.319. The van der Waals surface area contributed by atoms with Crippen molar-refractivity contribution in [3.8, 4) is 0 Å². The minimum Gasteiger partial charge on any atom is -0.481 e. The zero-order valence-corrected chi connectivity index (χ0v) is 16.1. The number of carboxylic acids is 1. The zero-order valence-electron chi connectivity index (χ0n) is 16.1. The number of rotatable bonds is 8. The van der Waals surface area contributed by atoms with E-state index in [-0.39, 0.29) is 0 Å². The second-order valence-corrected chi connectivity index (χ2v) is 6.65. The summed E-state index contributed by atoms with van der Waals surface area (Å²) in [6.45, 7) is 5.98. The third-order valence-electron chi connectivity index (χ3n) is 4.71. The Bertz CT molecular complexity index is 856. The van der Waals surface area contributed by atoms with E-state index in [1.165, 1.54) is 17.3 Å². The Kier molecular flexibility index (Phi) is 7.29. The molecule has 0 aliphatic rings. The first kappa shape index (κ1) is 20.4. The lowest BCUT2D eigenvalue weighted by Gasteiger charge is -2.16. The number of aliphatic carboxylic acids is 1. The SMILES string of the molecule is CC=N/C(CC(C(=O)O)c1ccnc(N)c1)=C(\C)CCc1ccccc1C. The van der Waals surface area contributed by atoms with Crippen LogP contribution in [0, 0.1) is 6.92 Å². The summed E-state index contributed by atoms with van der Waals surface area (Å²) in [5.74, 6) is -1.28. The van der Waals surface area contributed by atoms with Crippen LogP contribution in [0.15, 0.2) is 58.9 Å². The van der Waals surface area contributed by atoms with Crippen molar-refractivity contribution in [2.75, 3.05) is 5.73 Å². The number of carboxylic acid groups (broad SMARTS) is 1. The molecule has 2 aromatic rings. The molecule has 142 valence electrons. The number of allylic oxidation sites excluding steroid dienone is 2. The third kappa shape index (κ3) is 5.78. The summed E-state index contributed by atoms with van der Waals surface area (Å²) in [7, 11) is 0. The van der Waals surface area contributed by atoms with Crippen LogP contribution in [0.2, 0.25) is 0 Å². The van der Waals surface area contributed by atoms with Crippen LogP contribution in [-0.4, -0.2) is 22.3 Å². The van der Waals surface area contributed by atoms with Crippen LogP contribution in [0.1, 0.15) is 49.3 Å². The topological polar surface area (TPSA) is 88.6 Å². The second kappa shape index (κ2) is 9.67. The lowest BCUT2D eigenvalue weighted by atomic mass is 9.92. The van der Waals surface area contributed by atoms with Crippen LogP contribution in [0.25, 0.3) is 0 Å². The summed E-state index contributed by atoms with van der Waals surface area (Å²) >= 11 is 0. The molecule has 1 aromatic carbocycles. The number of aryl methyl sites for hydroxylation is 2. The summed E-state index contributed by atoms with van der Waals surface area (Å²) in [5, 5.41) is 9.73. The van der Waals surface area contributed by atoms with Crippen molar-refractivity contribution in [2.24, 2.45) is 4.99 Å². The number of anilines is 1. The van der Waals surface area contributed by atoms with Crippen molar-refractivity contribution < 1.29 is 9.90 Å². The summed E-state index contributed by atoms with van der Waals surface area (Å²) in [6, 6.07) is 11.6. The maximum absolute atomic E-state index is 11.9. The Hall–Kier alpha value is -2.95. The molecule has 27 heavy (non-hydrogen) atoms. The molecule has 0 saturated carbocycles. The molecular weight excluding hydrogens is 338 g/mol. The molecule has 0 aliphatic carbocycles. The minimum atomic E-state index is -0.892. The summed E-state index contributed by atoms with van der Waals surface area (Å²) < 4.78 is 0. The van der Waals surface area contributed by atoms with E-state index in [1.807, 2.05) is 26.0 Å². The fraction of sp³-hybridized carbons (Fsp3) is 0.318. The number of hydrogen-bond donors (Lipinski definition) is 2. The molecule has 0 aliphatic heterocycles. The fourth-order valence-electron chi connectivity index (χ4n) is 3.07. The summed E-state index contributed by atoms with van der Waals surface area (Å²) in [4.78, 5) is 20.3. The van der Waals surface area contributed by atoms with Crippen LogP contribution in [-0.2, 0) is 11.2 Å². The van der Waals surface area contributed by atoms with E-state index < -0.39 is 11.9 Å². The average molecular weight is 365 g/mol. The molecule has 0 spiro atoms. The number of carbonyl (C=O) groups is 1. The van der Waals surface area contributed by atoms with Crippen LogP contribution >= 0.6 is 0 Å². The molecule has 5 nitrogen and oxygen atoms in total. The predicted molar refractivity (Wildman–Crippen MR) is 110 cm³/mol. The van der Waals surface area contributed by atoms with Gasteiger partial charge in [0.1, 0.15) is 5.82 Å². The van der Waals surface area contributed by atoms with E-state index >= 15 is 0 Å². The number of nitrogens with two attached hydrogens (primary N) is 1. The molecule has 2 rings (SSSR count). The quantitative estimate of drug-likeness (QED) is 0.673. The number of aliphatic imine (C=N–C) groups is 1. The molecule has 0 bridgehead atoms. The second-order valence-electron chi connectivity index (χ2n) is 6.65. The smallest absolute Gasteiger partial charge is 0.311 e. The van der Waals surface area contributed by atoms with Gasteiger partial charge < -0.3 is 10.8 Å². The van der Waals surface area contributed by atoms with Gasteiger partial charge >= 0.3 is 5.97 Å². The lowest BCUT2D eigenvalue weighted by molar-refractivity contribution is -0.138. The number of hydrogen-bond acceptors (Lipinski definition) is 4. The van der Waals surface area contributed by atoms with Gasteiger partial charge in [0, 0.05) is 24.5 Å². The van der Waals surface area contributed by atoms with E-state index in [0.717, 1.165) is 24.1 Å². The number of nitrogen functional groups attached to an aromatic ring is 1. The lowest BCUT2D eigenvalue weighted by Crippen LogP contribution is -2.13. The Morgan fingerprint density at radius 2 is 2.07 bits per heavy atom. The van der Waals surface area contributed by atoms with Gasteiger partial charge in [-0.1, -0.05) is 29.8 Å². The number of aromatic nitrogens is 1. The van der Waals surface area contributed by atoms with E-state index in [1.54, 1.807) is 18.3 Å². The maximum atomic E-state index is 11.9. The number of benzene rings is 1. The van der Waals surface area contributed by atoms with Gasteiger partial charge in [-0.3, -0.25) is 9.79 Å². The molecule has 1 aromatic heterocycles. The monoisotopic (exact) mass is 365 g/mol. The average Bonchev–Trinajstić information content (AvgIpc) is 2.63. The van der Waals surface area contributed by atoms with E-state index in [4.69, 9.17) is 5.73 Å². The Labute approximate surface area is 160 Å². The highest BCUT2D eigenvalue weighted by Gasteiger charge is 2.22. The van der Waals surface area contributed by atoms with Gasteiger partial charge in [0.05, 0.1) is 5.92 Å². The van der Waals surface area contributed by atoms with Gasteiger partial charge in [-0.25, -0.2) is 4.98 Å². The van der Waals surface area contributed by atoms with E-state index in [2.05, 4.69) is 29.0 Å². The molecule has 0 amide bonds. The zero-order chi connectivity index (χ0) is 19.8. The predicted octanol–water partition coefficient (Wildman–Crippen LogP) is 4.53. The van der Waals surface area contributed by atoms with Crippen LogP contribution < -0.4 is 5.73 Å². The third-order valence-corrected chi connectivity index (χ3v) is 4.71. The van der Waals surface area contributed by atoms with Gasteiger partial charge in [-0.15, -0.1) is 0 Å². The van der Waals surface area contributed by atoms with Crippen molar-refractivity contribution in [2.45, 2.75) is 46.0 Å². The Morgan fingerprint density at radius 1 is 1.33 bits per heavy atom. The van der Waals surface area contributed by atoms with Crippen molar-refractivity contribution in [3.05, 3.63) is 70.6 Å². The van der Waals surface area contributed by atoms with Gasteiger partial charge in [0.25, 0.3) is 0 Å². The molecule has 0 fully saturated rings. The van der Waals surface area contributed by atoms with Gasteiger partial charge in [-0.2, -0.15) is 0 Å². The molecule has 1 heterocycles. The van der Waals surface area contributed by atoms with Gasteiger partial charge in [0.15, 0.2) is 0 Å².